The lowest BCUT2D eigenvalue weighted by Gasteiger charge is -2.33. The van der Waals surface area contributed by atoms with E-state index < -0.39 is 34.1 Å². The van der Waals surface area contributed by atoms with Crippen LogP contribution in [-0.4, -0.2) is 57.5 Å². The van der Waals surface area contributed by atoms with Crippen molar-refractivity contribution in [3.05, 3.63) is 83.9 Å². The van der Waals surface area contributed by atoms with Gasteiger partial charge >= 0.3 is 0 Å². The van der Waals surface area contributed by atoms with Gasteiger partial charge in [-0.25, -0.2) is 8.42 Å². The van der Waals surface area contributed by atoms with Crippen LogP contribution < -0.4 is 19.1 Å². The minimum atomic E-state index is -4.15. The highest BCUT2D eigenvalue weighted by molar-refractivity contribution is 7.92. The molecule has 1 N–H and O–H groups in total. The standard InChI is InChI=1S/C31H39N3O6S/c1-22-8-18-28(19-9-22)41(37,38)34(25-12-16-27(40-7)17-13-25)21-29(35)33(23(2)30(36)32-31(3,4)5)20-24-10-14-26(39-6)15-11-24/h8-19,23H,20-21H2,1-7H3,(H,32,36). The van der Waals surface area contributed by atoms with Crippen LogP contribution in [0.2, 0.25) is 0 Å². The quantitative estimate of drug-likeness (QED) is 0.357. The zero-order chi connectivity index (χ0) is 30.4. The van der Waals surface area contributed by atoms with Crippen LogP contribution in [0.3, 0.4) is 0 Å². The fourth-order valence-electron chi connectivity index (χ4n) is 4.10. The highest BCUT2D eigenvalue weighted by Gasteiger charge is 2.33. The molecule has 1 atom stereocenters. The van der Waals surface area contributed by atoms with Gasteiger partial charge in [0.05, 0.1) is 24.8 Å². The van der Waals surface area contributed by atoms with Crippen LogP contribution in [0.4, 0.5) is 5.69 Å². The second-order valence-electron chi connectivity index (χ2n) is 10.8. The Morgan fingerprint density at radius 2 is 1.37 bits per heavy atom. The van der Waals surface area contributed by atoms with Gasteiger partial charge in [-0.15, -0.1) is 0 Å². The number of rotatable bonds is 11. The van der Waals surface area contributed by atoms with E-state index in [-0.39, 0.29) is 23.0 Å². The van der Waals surface area contributed by atoms with Crippen molar-refractivity contribution in [2.75, 3.05) is 25.1 Å². The summed E-state index contributed by atoms with van der Waals surface area (Å²) in [5.41, 5.74) is 1.42. The Balaban J connectivity index is 2.03. The summed E-state index contributed by atoms with van der Waals surface area (Å²) < 4.78 is 39.4. The average molecular weight is 582 g/mol. The van der Waals surface area contributed by atoms with Crippen LogP contribution in [-0.2, 0) is 26.2 Å². The van der Waals surface area contributed by atoms with Crippen molar-refractivity contribution >= 4 is 27.5 Å². The van der Waals surface area contributed by atoms with Gasteiger partial charge in [0.1, 0.15) is 24.1 Å². The minimum Gasteiger partial charge on any atom is -0.497 e. The Morgan fingerprint density at radius 3 is 1.85 bits per heavy atom. The van der Waals surface area contributed by atoms with E-state index in [1.54, 1.807) is 74.7 Å². The summed E-state index contributed by atoms with van der Waals surface area (Å²) in [5, 5.41) is 2.92. The number of ether oxygens (including phenoxy) is 2. The SMILES string of the molecule is COc1ccc(CN(C(=O)CN(c2ccc(OC)cc2)S(=O)(=O)c2ccc(C)cc2)C(C)C(=O)NC(C)(C)C)cc1. The van der Waals surface area contributed by atoms with Gasteiger partial charge in [-0.1, -0.05) is 29.8 Å². The fourth-order valence-corrected chi connectivity index (χ4v) is 5.51. The Kier molecular flexibility index (Phi) is 10.0. The third-order valence-electron chi connectivity index (χ3n) is 6.43. The number of hydrogen-bond acceptors (Lipinski definition) is 6. The van der Waals surface area contributed by atoms with Crippen molar-refractivity contribution in [1.82, 2.24) is 10.2 Å². The lowest BCUT2D eigenvalue weighted by Crippen LogP contribution is -2.54. The van der Waals surface area contributed by atoms with Crippen molar-refractivity contribution < 1.29 is 27.5 Å². The van der Waals surface area contributed by atoms with Crippen molar-refractivity contribution in [3.63, 3.8) is 0 Å². The molecule has 9 nitrogen and oxygen atoms in total. The Hall–Kier alpha value is -4.05. The molecule has 0 radical (unpaired) electrons. The van der Waals surface area contributed by atoms with E-state index in [9.17, 15) is 18.0 Å². The van der Waals surface area contributed by atoms with Crippen molar-refractivity contribution in [1.29, 1.82) is 0 Å². The number of nitrogens with one attached hydrogen (secondary N) is 1. The fraction of sp³-hybridized carbons (Fsp3) is 0.355. The predicted molar refractivity (Wildman–Crippen MR) is 160 cm³/mol. The molecule has 0 aliphatic carbocycles. The maximum absolute atomic E-state index is 14.0. The lowest BCUT2D eigenvalue weighted by atomic mass is 10.1. The summed E-state index contributed by atoms with van der Waals surface area (Å²) in [7, 11) is -1.07. The largest absolute Gasteiger partial charge is 0.497 e. The van der Waals surface area contributed by atoms with Gasteiger partial charge in [-0.05, 0) is 88.7 Å². The molecule has 0 fully saturated rings. The van der Waals surface area contributed by atoms with E-state index in [0.29, 0.717) is 11.5 Å². The summed E-state index contributed by atoms with van der Waals surface area (Å²) in [5.74, 6) is 0.307. The first kappa shape index (κ1) is 31.5. The molecule has 0 aliphatic rings. The number of methoxy groups -OCH3 is 2. The van der Waals surface area contributed by atoms with Gasteiger partial charge in [-0.3, -0.25) is 13.9 Å². The number of anilines is 1. The zero-order valence-corrected chi connectivity index (χ0v) is 25.5. The van der Waals surface area contributed by atoms with Crippen molar-refractivity contribution in [2.45, 2.75) is 57.6 Å². The van der Waals surface area contributed by atoms with Crippen LogP contribution in [0.15, 0.2) is 77.7 Å². The monoisotopic (exact) mass is 581 g/mol. The number of benzene rings is 3. The molecule has 0 aliphatic heterocycles. The average Bonchev–Trinajstić information content (AvgIpc) is 2.93. The first-order valence-corrected chi connectivity index (χ1v) is 14.7. The topological polar surface area (TPSA) is 105 Å². The summed E-state index contributed by atoms with van der Waals surface area (Å²) >= 11 is 0. The van der Waals surface area contributed by atoms with Crippen LogP contribution >= 0.6 is 0 Å². The molecule has 0 saturated heterocycles. The van der Waals surface area contributed by atoms with Gasteiger partial charge < -0.3 is 19.7 Å². The van der Waals surface area contributed by atoms with E-state index in [0.717, 1.165) is 15.4 Å². The molecule has 3 aromatic rings. The number of nitrogens with zero attached hydrogens (tertiary/aromatic N) is 2. The molecule has 0 heterocycles. The number of sulfonamides is 1. The van der Waals surface area contributed by atoms with Gasteiger partial charge in [0.2, 0.25) is 11.8 Å². The molecular formula is C31H39N3O6S. The molecule has 0 bridgehead atoms. The summed E-state index contributed by atoms with van der Waals surface area (Å²) in [6.45, 7) is 8.62. The molecule has 0 saturated carbocycles. The Morgan fingerprint density at radius 1 is 0.854 bits per heavy atom. The molecule has 0 spiro atoms. The summed E-state index contributed by atoms with van der Waals surface area (Å²) in [6.07, 6.45) is 0. The van der Waals surface area contributed by atoms with Crippen LogP contribution in [0.1, 0.15) is 38.8 Å². The molecule has 1 unspecified atom stereocenters. The van der Waals surface area contributed by atoms with Crippen LogP contribution in [0, 0.1) is 6.92 Å². The predicted octanol–water partition coefficient (Wildman–Crippen LogP) is 4.54. The molecule has 2 amide bonds. The molecule has 41 heavy (non-hydrogen) atoms. The maximum atomic E-state index is 14.0. The third kappa shape index (κ3) is 8.23. The number of aryl methyl sites for hydroxylation is 1. The number of amides is 2. The molecule has 0 aromatic heterocycles. The van der Waals surface area contributed by atoms with Gasteiger partial charge in [0.15, 0.2) is 0 Å². The highest BCUT2D eigenvalue weighted by Crippen LogP contribution is 2.27. The zero-order valence-electron chi connectivity index (χ0n) is 24.7. The van der Waals surface area contributed by atoms with E-state index >= 15 is 0 Å². The first-order chi connectivity index (χ1) is 19.2. The van der Waals surface area contributed by atoms with Crippen molar-refractivity contribution in [2.24, 2.45) is 0 Å². The number of carbonyl (C=O) groups is 2. The lowest BCUT2D eigenvalue weighted by molar-refractivity contribution is -0.140. The summed E-state index contributed by atoms with van der Waals surface area (Å²) in [4.78, 5) is 28.7. The highest BCUT2D eigenvalue weighted by atomic mass is 32.2. The Bertz CT molecular complexity index is 1430. The van der Waals surface area contributed by atoms with Gasteiger partial charge in [0, 0.05) is 12.1 Å². The van der Waals surface area contributed by atoms with E-state index in [2.05, 4.69) is 5.32 Å². The van der Waals surface area contributed by atoms with Gasteiger partial charge in [-0.2, -0.15) is 0 Å². The molecular weight excluding hydrogens is 542 g/mol. The number of hydrogen-bond donors (Lipinski definition) is 1. The summed E-state index contributed by atoms with van der Waals surface area (Å²) in [6, 6.07) is 19.1. The molecule has 3 aromatic carbocycles. The minimum absolute atomic E-state index is 0.0481. The normalized spacial score (nSPS) is 12.3. The molecule has 10 heteroatoms. The van der Waals surface area contributed by atoms with Crippen LogP contribution in [0.25, 0.3) is 0 Å². The van der Waals surface area contributed by atoms with Crippen molar-refractivity contribution in [3.8, 4) is 11.5 Å². The van der Waals surface area contributed by atoms with E-state index in [1.165, 1.54) is 24.1 Å². The maximum Gasteiger partial charge on any atom is 0.264 e. The second kappa shape index (κ2) is 13.1. The molecule has 3 rings (SSSR count). The smallest absolute Gasteiger partial charge is 0.264 e. The Labute approximate surface area is 243 Å². The first-order valence-electron chi connectivity index (χ1n) is 13.2. The third-order valence-corrected chi connectivity index (χ3v) is 8.21. The van der Waals surface area contributed by atoms with E-state index in [1.807, 2.05) is 27.7 Å². The van der Waals surface area contributed by atoms with E-state index in [4.69, 9.17) is 9.47 Å². The van der Waals surface area contributed by atoms with Crippen LogP contribution in [0.5, 0.6) is 11.5 Å². The number of carbonyl (C=O) groups excluding carboxylic acids is 2. The second-order valence-corrected chi connectivity index (χ2v) is 12.7. The molecule has 220 valence electrons. The van der Waals surface area contributed by atoms with Gasteiger partial charge in [0.25, 0.3) is 10.0 Å².